The van der Waals surface area contributed by atoms with E-state index in [-0.39, 0.29) is 6.03 Å². The highest BCUT2D eigenvalue weighted by atomic mass is 32.1. The van der Waals surface area contributed by atoms with Gasteiger partial charge in [-0.15, -0.1) is 0 Å². The first-order valence-electron chi connectivity index (χ1n) is 7.75. The van der Waals surface area contributed by atoms with Crippen LogP contribution in [0.15, 0.2) is 34.7 Å². The molecule has 0 bridgehead atoms. The van der Waals surface area contributed by atoms with Gasteiger partial charge in [0, 0.05) is 18.9 Å². The number of anilines is 1. The molecule has 3 aromatic rings. The fourth-order valence-electron chi connectivity index (χ4n) is 2.69. The van der Waals surface area contributed by atoms with Gasteiger partial charge in [0.05, 0.1) is 30.3 Å². The number of hydrogen-bond donors (Lipinski definition) is 1. The molecule has 0 unspecified atom stereocenters. The van der Waals surface area contributed by atoms with Crippen LogP contribution in [-0.4, -0.2) is 29.6 Å². The van der Waals surface area contributed by atoms with Gasteiger partial charge in [-0.1, -0.05) is 29.5 Å². The van der Waals surface area contributed by atoms with Gasteiger partial charge in [-0.25, -0.2) is 9.78 Å². The van der Waals surface area contributed by atoms with Crippen molar-refractivity contribution in [2.45, 2.75) is 19.6 Å². The van der Waals surface area contributed by atoms with E-state index in [1.54, 1.807) is 11.9 Å². The van der Waals surface area contributed by atoms with Crippen LogP contribution in [-0.2, 0) is 24.3 Å². The minimum atomic E-state index is -0.206. The number of urea groups is 1. The van der Waals surface area contributed by atoms with Crippen molar-refractivity contribution in [1.29, 1.82) is 0 Å². The number of benzene rings is 1. The van der Waals surface area contributed by atoms with Crippen LogP contribution in [0.2, 0.25) is 0 Å². The van der Waals surface area contributed by atoms with Crippen LogP contribution in [0.4, 0.5) is 9.93 Å². The van der Waals surface area contributed by atoms with E-state index < -0.39 is 0 Å². The largest absolute Gasteiger partial charge is 0.459 e. The summed E-state index contributed by atoms with van der Waals surface area (Å²) >= 11 is 1.47. The minimum absolute atomic E-state index is 0.206. The van der Waals surface area contributed by atoms with Crippen LogP contribution in [0.3, 0.4) is 0 Å². The topological polar surface area (TPSA) is 67.6 Å². The molecule has 124 valence electrons. The predicted octanol–water partition coefficient (Wildman–Crippen LogP) is 3.63. The highest BCUT2D eigenvalue weighted by molar-refractivity contribution is 7.15. The lowest BCUT2D eigenvalue weighted by Gasteiger charge is -2.15. The molecule has 6 nitrogen and oxygen atoms in total. The number of carbonyl (C=O) groups is 1. The highest BCUT2D eigenvalue weighted by Crippen LogP contribution is 2.27. The predicted molar refractivity (Wildman–Crippen MR) is 92.2 cm³/mol. The standard InChI is InChI=1S/C17H17N3O3S/c1-20(9-12-8-11-4-2-3-5-14(11)23-12)17(21)19-16-18-13-6-7-22-10-15(13)24-16/h2-5,8H,6-7,9-10H2,1H3,(H,18,19,21). The molecule has 4 rings (SSSR count). The van der Waals surface area contributed by atoms with Crippen molar-refractivity contribution in [3.8, 4) is 0 Å². The van der Waals surface area contributed by atoms with E-state index in [1.165, 1.54) is 11.3 Å². The molecule has 24 heavy (non-hydrogen) atoms. The molecule has 0 spiro atoms. The number of fused-ring (bicyclic) bond motifs is 2. The number of nitrogens with zero attached hydrogens (tertiary/aromatic N) is 2. The van der Waals surface area contributed by atoms with E-state index in [4.69, 9.17) is 9.15 Å². The number of thiazole rings is 1. The Kier molecular flexibility index (Phi) is 3.95. The molecule has 3 heterocycles. The molecular formula is C17H17N3O3S. The molecule has 7 heteroatoms. The number of para-hydroxylation sites is 1. The third-order valence-electron chi connectivity index (χ3n) is 3.92. The van der Waals surface area contributed by atoms with Crippen molar-refractivity contribution in [3.05, 3.63) is 46.7 Å². The molecule has 0 saturated heterocycles. The smallest absolute Gasteiger partial charge is 0.323 e. The average molecular weight is 343 g/mol. The fraction of sp³-hybridized carbons (Fsp3) is 0.294. The van der Waals surface area contributed by atoms with Gasteiger partial charge in [0.25, 0.3) is 0 Å². The fourth-order valence-corrected chi connectivity index (χ4v) is 3.62. The van der Waals surface area contributed by atoms with E-state index in [0.29, 0.717) is 24.9 Å². The lowest BCUT2D eigenvalue weighted by atomic mass is 10.2. The van der Waals surface area contributed by atoms with Crippen LogP contribution < -0.4 is 5.32 Å². The second-order valence-electron chi connectivity index (χ2n) is 5.73. The normalized spacial score (nSPS) is 13.7. The Balaban J connectivity index is 1.42. The minimum Gasteiger partial charge on any atom is -0.459 e. The number of amides is 2. The summed E-state index contributed by atoms with van der Waals surface area (Å²) in [4.78, 5) is 19.5. The SMILES string of the molecule is CN(Cc1cc2ccccc2o1)C(=O)Nc1nc2c(s1)COCC2. The molecule has 0 aliphatic carbocycles. The van der Waals surface area contributed by atoms with Crippen molar-refractivity contribution in [3.63, 3.8) is 0 Å². The summed E-state index contributed by atoms with van der Waals surface area (Å²) in [6, 6.07) is 9.55. The Hall–Kier alpha value is -2.38. The molecule has 1 aliphatic heterocycles. The summed E-state index contributed by atoms with van der Waals surface area (Å²) in [6.07, 6.45) is 0.802. The van der Waals surface area contributed by atoms with Crippen molar-refractivity contribution < 1.29 is 13.9 Å². The zero-order valence-electron chi connectivity index (χ0n) is 13.2. The molecule has 0 radical (unpaired) electrons. The highest BCUT2D eigenvalue weighted by Gasteiger charge is 2.18. The maximum Gasteiger partial charge on any atom is 0.323 e. The molecule has 0 atom stereocenters. The third-order valence-corrected chi connectivity index (χ3v) is 4.91. The summed E-state index contributed by atoms with van der Waals surface area (Å²) in [5.41, 5.74) is 1.86. The Morgan fingerprint density at radius 3 is 3.12 bits per heavy atom. The number of hydrogen-bond acceptors (Lipinski definition) is 5. The van der Waals surface area contributed by atoms with Gasteiger partial charge in [-0.05, 0) is 12.1 Å². The van der Waals surface area contributed by atoms with Crippen molar-refractivity contribution >= 4 is 33.5 Å². The van der Waals surface area contributed by atoms with E-state index in [1.807, 2.05) is 30.3 Å². The monoisotopic (exact) mass is 343 g/mol. The zero-order chi connectivity index (χ0) is 16.5. The number of furan rings is 1. The first-order valence-corrected chi connectivity index (χ1v) is 8.56. The second-order valence-corrected chi connectivity index (χ2v) is 6.81. The summed E-state index contributed by atoms with van der Waals surface area (Å²) < 4.78 is 11.2. The summed E-state index contributed by atoms with van der Waals surface area (Å²) in [5, 5.41) is 4.50. The van der Waals surface area contributed by atoms with E-state index in [9.17, 15) is 4.79 Å². The van der Waals surface area contributed by atoms with E-state index in [0.717, 1.165) is 33.7 Å². The summed E-state index contributed by atoms with van der Waals surface area (Å²) in [5.74, 6) is 0.751. The maximum atomic E-state index is 12.4. The number of aromatic nitrogens is 1. The van der Waals surface area contributed by atoms with Crippen LogP contribution in [0.1, 0.15) is 16.3 Å². The quantitative estimate of drug-likeness (QED) is 0.788. The second kappa shape index (κ2) is 6.26. The van der Waals surface area contributed by atoms with Crippen molar-refractivity contribution in [2.24, 2.45) is 0 Å². The molecule has 1 N–H and O–H groups in total. The number of ether oxygens (including phenoxy) is 1. The number of rotatable bonds is 3. The Morgan fingerprint density at radius 1 is 1.42 bits per heavy atom. The van der Waals surface area contributed by atoms with Crippen LogP contribution >= 0.6 is 11.3 Å². The van der Waals surface area contributed by atoms with Crippen LogP contribution in [0.5, 0.6) is 0 Å². The molecule has 2 aromatic heterocycles. The zero-order valence-corrected chi connectivity index (χ0v) is 14.1. The third kappa shape index (κ3) is 3.00. The van der Waals surface area contributed by atoms with E-state index in [2.05, 4.69) is 10.3 Å². The van der Waals surface area contributed by atoms with Crippen molar-refractivity contribution in [2.75, 3.05) is 19.0 Å². The Morgan fingerprint density at radius 2 is 2.29 bits per heavy atom. The number of nitrogens with one attached hydrogen (secondary N) is 1. The molecule has 1 aromatic carbocycles. The lowest BCUT2D eigenvalue weighted by Crippen LogP contribution is -2.30. The molecule has 0 saturated carbocycles. The van der Waals surface area contributed by atoms with Gasteiger partial charge in [-0.2, -0.15) is 0 Å². The lowest BCUT2D eigenvalue weighted by molar-refractivity contribution is 0.112. The Labute approximate surface area is 143 Å². The Bertz CT molecular complexity index is 830. The van der Waals surface area contributed by atoms with Crippen LogP contribution in [0, 0.1) is 0 Å². The van der Waals surface area contributed by atoms with E-state index >= 15 is 0 Å². The van der Waals surface area contributed by atoms with Crippen molar-refractivity contribution in [1.82, 2.24) is 9.88 Å². The summed E-state index contributed by atoms with van der Waals surface area (Å²) in [6.45, 7) is 1.67. The van der Waals surface area contributed by atoms with Gasteiger partial charge >= 0.3 is 6.03 Å². The van der Waals surface area contributed by atoms with Gasteiger partial charge in [-0.3, -0.25) is 5.32 Å². The average Bonchev–Trinajstić information content (AvgIpc) is 3.16. The first kappa shape index (κ1) is 15.2. The van der Waals surface area contributed by atoms with Crippen LogP contribution in [0.25, 0.3) is 11.0 Å². The molecular weight excluding hydrogens is 326 g/mol. The number of carbonyl (C=O) groups excluding carboxylic acids is 1. The van der Waals surface area contributed by atoms with Gasteiger partial charge < -0.3 is 14.1 Å². The maximum absolute atomic E-state index is 12.4. The molecule has 2 amide bonds. The van der Waals surface area contributed by atoms with Gasteiger partial charge in [0.1, 0.15) is 11.3 Å². The molecule has 1 aliphatic rings. The summed E-state index contributed by atoms with van der Waals surface area (Å²) in [7, 11) is 1.74. The first-order chi connectivity index (χ1) is 11.7. The van der Waals surface area contributed by atoms with Gasteiger partial charge in [0.2, 0.25) is 0 Å². The van der Waals surface area contributed by atoms with Gasteiger partial charge in [0.15, 0.2) is 5.13 Å². The molecule has 0 fully saturated rings.